The molecule has 6 heteroatoms. The van der Waals surface area contributed by atoms with Crippen LogP contribution in [0.5, 0.6) is 0 Å². The summed E-state index contributed by atoms with van der Waals surface area (Å²) in [6.07, 6.45) is 0. The number of rotatable bonds is 3. The molecule has 0 aliphatic carbocycles. The van der Waals surface area contributed by atoms with Crippen molar-refractivity contribution in [1.29, 1.82) is 0 Å². The van der Waals surface area contributed by atoms with Gasteiger partial charge in [0.05, 0.1) is 5.56 Å². The summed E-state index contributed by atoms with van der Waals surface area (Å²) in [5.74, 6) is -1.07. The minimum Gasteiger partial charge on any atom is -0.380 e. The Morgan fingerprint density at radius 3 is 2.50 bits per heavy atom. The van der Waals surface area contributed by atoms with Gasteiger partial charge in [0.2, 0.25) is 0 Å². The van der Waals surface area contributed by atoms with Crippen molar-refractivity contribution in [3.63, 3.8) is 0 Å². The molecular weight excluding hydrogens is 327 g/mol. The summed E-state index contributed by atoms with van der Waals surface area (Å²) in [5.41, 5.74) is 6.52. The van der Waals surface area contributed by atoms with Crippen LogP contribution in [0.2, 0.25) is 0 Å². The molecule has 0 atom stereocenters. The van der Waals surface area contributed by atoms with E-state index in [0.29, 0.717) is 5.56 Å². The standard InChI is InChI=1S/C14H10BrFN2O2/c15-11-3-1-2-10(8-11)13(17)18-20-14(19)9-4-6-12(16)7-5-9/h1-8H,(H2,17,18). The van der Waals surface area contributed by atoms with Crippen LogP contribution >= 0.6 is 15.9 Å². The summed E-state index contributed by atoms with van der Waals surface area (Å²) < 4.78 is 13.6. The summed E-state index contributed by atoms with van der Waals surface area (Å²) in [4.78, 5) is 16.4. The highest BCUT2D eigenvalue weighted by Gasteiger charge is 2.08. The fraction of sp³-hybridized carbons (Fsp3) is 0. The molecule has 0 bridgehead atoms. The van der Waals surface area contributed by atoms with Crippen molar-refractivity contribution in [3.8, 4) is 0 Å². The van der Waals surface area contributed by atoms with Crippen molar-refractivity contribution < 1.29 is 14.0 Å². The van der Waals surface area contributed by atoms with Gasteiger partial charge in [0.25, 0.3) is 0 Å². The lowest BCUT2D eigenvalue weighted by Crippen LogP contribution is -2.15. The van der Waals surface area contributed by atoms with Crippen molar-refractivity contribution in [3.05, 3.63) is 69.9 Å². The quantitative estimate of drug-likeness (QED) is 0.405. The number of oxime groups is 1. The van der Waals surface area contributed by atoms with Crippen molar-refractivity contribution >= 4 is 27.7 Å². The van der Waals surface area contributed by atoms with Crippen LogP contribution in [0.3, 0.4) is 0 Å². The van der Waals surface area contributed by atoms with Crippen molar-refractivity contribution in [2.75, 3.05) is 0 Å². The fourth-order valence-corrected chi connectivity index (χ4v) is 1.83. The van der Waals surface area contributed by atoms with E-state index in [1.54, 1.807) is 18.2 Å². The van der Waals surface area contributed by atoms with Crippen molar-refractivity contribution in [2.24, 2.45) is 10.9 Å². The Morgan fingerprint density at radius 1 is 1.15 bits per heavy atom. The predicted octanol–water partition coefficient (Wildman–Crippen LogP) is 3.07. The Hall–Kier alpha value is -2.21. The first-order chi connectivity index (χ1) is 9.56. The van der Waals surface area contributed by atoms with Crippen LogP contribution in [0.1, 0.15) is 15.9 Å². The molecule has 4 nitrogen and oxygen atoms in total. The Morgan fingerprint density at radius 2 is 1.85 bits per heavy atom. The molecule has 0 fully saturated rings. The third kappa shape index (κ3) is 3.64. The molecule has 0 saturated heterocycles. The topological polar surface area (TPSA) is 64.7 Å². The fourth-order valence-electron chi connectivity index (χ4n) is 1.43. The molecule has 102 valence electrons. The van der Waals surface area contributed by atoms with E-state index >= 15 is 0 Å². The first kappa shape index (κ1) is 14.2. The molecule has 0 spiro atoms. The molecule has 0 amide bonds. The van der Waals surface area contributed by atoms with Gasteiger partial charge in [0, 0.05) is 10.0 Å². The number of carbonyl (C=O) groups excluding carboxylic acids is 1. The van der Waals surface area contributed by atoms with Gasteiger partial charge in [-0.25, -0.2) is 9.18 Å². The van der Waals surface area contributed by atoms with Crippen LogP contribution in [-0.2, 0) is 4.84 Å². The number of benzene rings is 2. The zero-order valence-corrected chi connectivity index (χ0v) is 11.8. The Bertz CT molecular complexity index is 656. The molecule has 0 radical (unpaired) electrons. The van der Waals surface area contributed by atoms with Crippen molar-refractivity contribution in [2.45, 2.75) is 0 Å². The highest BCUT2D eigenvalue weighted by molar-refractivity contribution is 9.10. The Balaban J connectivity index is 2.08. The molecule has 0 aromatic heterocycles. The Labute approximate surface area is 123 Å². The zero-order chi connectivity index (χ0) is 14.5. The maximum atomic E-state index is 12.7. The van der Waals surface area contributed by atoms with Crippen LogP contribution in [0, 0.1) is 5.82 Å². The third-order valence-electron chi connectivity index (χ3n) is 2.43. The van der Waals surface area contributed by atoms with Gasteiger partial charge in [-0.3, -0.25) is 0 Å². The van der Waals surface area contributed by atoms with Crippen LogP contribution in [0.4, 0.5) is 4.39 Å². The minimum atomic E-state index is -0.706. The summed E-state index contributed by atoms with van der Waals surface area (Å²) in [7, 11) is 0. The first-order valence-corrected chi connectivity index (χ1v) is 6.42. The molecule has 0 aliphatic rings. The SMILES string of the molecule is N/C(=N\OC(=O)c1ccc(F)cc1)c1cccc(Br)c1. The van der Waals surface area contributed by atoms with Crippen molar-refractivity contribution in [1.82, 2.24) is 0 Å². The summed E-state index contributed by atoms with van der Waals surface area (Å²) in [6, 6.07) is 12.0. The van der Waals surface area contributed by atoms with Gasteiger partial charge < -0.3 is 10.6 Å². The minimum absolute atomic E-state index is 0.0711. The number of halogens is 2. The number of amidine groups is 1. The van der Waals surface area contributed by atoms with E-state index in [0.717, 1.165) is 16.6 Å². The van der Waals surface area contributed by atoms with Gasteiger partial charge in [-0.1, -0.05) is 33.2 Å². The molecule has 2 aromatic rings. The van der Waals surface area contributed by atoms with Gasteiger partial charge in [-0.05, 0) is 36.4 Å². The summed E-state index contributed by atoms with van der Waals surface area (Å²) >= 11 is 3.30. The average Bonchev–Trinajstić information content (AvgIpc) is 2.45. The highest BCUT2D eigenvalue weighted by atomic mass is 79.9. The lowest BCUT2D eigenvalue weighted by atomic mass is 10.2. The van der Waals surface area contributed by atoms with E-state index in [2.05, 4.69) is 21.1 Å². The van der Waals surface area contributed by atoms with Gasteiger partial charge in [0.15, 0.2) is 5.84 Å². The van der Waals surface area contributed by atoms with E-state index in [9.17, 15) is 9.18 Å². The smallest absolute Gasteiger partial charge is 0.365 e. The molecule has 20 heavy (non-hydrogen) atoms. The van der Waals surface area contributed by atoms with E-state index in [1.807, 2.05) is 6.07 Å². The highest BCUT2D eigenvalue weighted by Crippen LogP contribution is 2.11. The number of nitrogens with zero attached hydrogens (tertiary/aromatic N) is 1. The lowest BCUT2D eigenvalue weighted by Gasteiger charge is -2.02. The van der Waals surface area contributed by atoms with Gasteiger partial charge >= 0.3 is 5.97 Å². The second kappa shape index (κ2) is 6.29. The molecule has 0 saturated carbocycles. The second-order valence-corrected chi connectivity index (χ2v) is 4.79. The second-order valence-electron chi connectivity index (χ2n) is 3.87. The maximum absolute atomic E-state index is 12.7. The normalized spacial score (nSPS) is 11.2. The van der Waals surface area contributed by atoms with E-state index in [-0.39, 0.29) is 11.4 Å². The van der Waals surface area contributed by atoms with E-state index in [1.165, 1.54) is 12.1 Å². The Kier molecular flexibility index (Phi) is 4.47. The monoisotopic (exact) mass is 336 g/mol. The zero-order valence-electron chi connectivity index (χ0n) is 10.2. The predicted molar refractivity (Wildman–Crippen MR) is 76.7 cm³/mol. The molecule has 0 heterocycles. The number of hydrogen-bond acceptors (Lipinski definition) is 3. The number of nitrogens with two attached hydrogens (primary N) is 1. The van der Waals surface area contributed by atoms with Crippen LogP contribution in [-0.4, -0.2) is 11.8 Å². The molecular formula is C14H10BrFN2O2. The summed E-state index contributed by atoms with van der Waals surface area (Å²) in [5, 5.41) is 3.56. The van der Waals surface area contributed by atoms with Gasteiger partial charge in [0.1, 0.15) is 5.82 Å². The maximum Gasteiger partial charge on any atom is 0.365 e. The largest absolute Gasteiger partial charge is 0.380 e. The number of carbonyl (C=O) groups is 1. The molecule has 2 aromatic carbocycles. The average molecular weight is 337 g/mol. The van der Waals surface area contributed by atoms with Gasteiger partial charge in [-0.2, -0.15) is 0 Å². The van der Waals surface area contributed by atoms with Crippen LogP contribution in [0.25, 0.3) is 0 Å². The molecule has 0 aliphatic heterocycles. The lowest BCUT2D eigenvalue weighted by molar-refractivity contribution is 0.0516. The van der Waals surface area contributed by atoms with Crippen LogP contribution < -0.4 is 5.73 Å². The number of hydrogen-bond donors (Lipinski definition) is 1. The molecule has 2 N–H and O–H groups in total. The van der Waals surface area contributed by atoms with Gasteiger partial charge in [-0.15, -0.1) is 0 Å². The van der Waals surface area contributed by atoms with E-state index in [4.69, 9.17) is 10.6 Å². The van der Waals surface area contributed by atoms with Crippen LogP contribution in [0.15, 0.2) is 58.2 Å². The molecule has 0 unspecified atom stereocenters. The summed E-state index contributed by atoms with van der Waals surface area (Å²) in [6.45, 7) is 0. The third-order valence-corrected chi connectivity index (χ3v) is 2.92. The molecule has 2 rings (SSSR count). The first-order valence-electron chi connectivity index (χ1n) is 5.62. The van der Waals surface area contributed by atoms with E-state index < -0.39 is 11.8 Å².